The molecule has 1 amide bonds. The van der Waals surface area contributed by atoms with E-state index in [-0.39, 0.29) is 16.1 Å². The molecule has 0 saturated carbocycles. The minimum absolute atomic E-state index is 0.0698. The molecule has 0 aliphatic rings. The first kappa shape index (κ1) is 29.2. The second-order valence-electron chi connectivity index (χ2n) is 8.56. The van der Waals surface area contributed by atoms with Gasteiger partial charge < -0.3 is 9.64 Å². The summed E-state index contributed by atoms with van der Waals surface area (Å²) in [6.07, 6.45) is 1.59. The SMILES string of the molecule is CCCNS(=O)(=O)c1ccc(-c2ccccc2CN(Cc2cc(Cl)ccc2OCCC)C(=O)CBr)cc1. The van der Waals surface area contributed by atoms with Gasteiger partial charge in [0.15, 0.2) is 0 Å². The Kier molecular flexibility index (Phi) is 11.0. The largest absolute Gasteiger partial charge is 0.493 e. The van der Waals surface area contributed by atoms with E-state index in [1.807, 2.05) is 50.2 Å². The second kappa shape index (κ2) is 14.0. The zero-order valence-electron chi connectivity index (χ0n) is 21.0. The van der Waals surface area contributed by atoms with Gasteiger partial charge in [-0.15, -0.1) is 0 Å². The molecule has 3 aromatic rings. The van der Waals surface area contributed by atoms with E-state index in [0.717, 1.165) is 35.1 Å². The first-order chi connectivity index (χ1) is 17.8. The predicted octanol–water partition coefficient (Wildman–Crippen LogP) is 6.41. The third-order valence-corrected chi connectivity index (χ3v) is 7.90. The Morgan fingerprint density at radius 3 is 2.35 bits per heavy atom. The molecule has 0 bridgehead atoms. The lowest BCUT2D eigenvalue weighted by molar-refractivity contribution is -0.129. The lowest BCUT2D eigenvalue weighted by Gasteiger charge is -2.25. The van der Waals surface area contributed by atoms with Crippen LogP contribution >= 0.6 is 27.5 Å². The summed E-state index contributed by atoms with van der Waals surface area (Å²) in [5, 5.41) is 0.757. The normalized spacial score (nSPS) is 11.4. The number of benzene rings is 3. The zero-order valence-corrected chi connectivity index (χ0v) is 24.2. The van der Waals surface area contributed by atoms with Crippen LogP contribution in [-0.4, -0.2) is 37.7 Å². The highest BCUT2D eigenvalue weighted by Crippen LogP contribution is 2.29. The molecule has 9 heteroatoms. The highest BCUT2D eigenvalue weighted by atomic mass is 79.9. The van der Waals surface area contributed by atoms with Gasteiger partial charge in [0.2, 0.25) is 15.9 Å². The van der Waals surface area contributed by atoms with Crippen molar-refractivity contribution in [2.75, 3.05) is 18.5 Å². The van der Waals surface area contributed by atoms with E-state index in [9.17, 15) is 13.2 Å². The molecule has 3 aromatic carbocycles. The molecule has 0 fully saturated rings. The molecule has 0 aliphatic carbocycles. The molecule has 37 heavy (non-hydrogen) atoms. The number of alkyl halides is 1. The first-order valence-corrected chi connectivity index (χ1v) is 15.2. The number of carbonyl (C=O) groups excluding carboxylic acids is 1. The molecule has 0 aromatic heterocycles. The van der Waals surface area contributed by atoms with Gasteiger partial charge in [-0.2, -0.15) is 0 Å². The van der Waals surface area contributed by atoms with E-state index in [0.29, 0.717) is 37.0 Å². The maximum absolute atomic E-state index is 13.0. The summed E-state index contributed by atoms with van der Waals surface area (Å²) in [5.74, 6) is 0.639. The highest BCUT2D eigenvalue weighted by molar-refractivity contribution is 9.09. The van der Waals surface area contributed by atoms with E-state index < -0.39 is 10.0 Å². The summed E-state index contributed by atoms with van der Waals surface area (Å²) < 4.78 is 33.4. The van der Waals surface area contributed by atoms with Crippen molar-refractivity contribution in [1.29, 1.82) is 0 Å². The van der Waals surface area contributed by atoms with Crippen LogP contribution in [0.5, 0.6) is 5.75 Å². The van der Waals surface area contributed by atoms with Crippen LogP contribution in [-0.2, 0) is 27.9 Å². The molecule has 0 saturated heterocycles. The van der Waals surface area contributed by atoms with Gasteiger partial charge in [0.05, 0.1) is 16.8 Å². The van der Waals surface area contributed by atoms with E-state index in [2.05, 4.69) is 20.7 Å². The van der Waals surface area contributed by atoms with Crippen LogP contribution in [0.1, 0.15) is 37.8 Å². The third-order valence-electron chi connectivity index (χ3n) is 5.71. The zero-order chi connectivity index (χ0) is 26.8. The fourth-order valence-corrected chi connectivity index (χ4v) is 5.51. The minimum atomic E-state index is -3.54. The van der Waals surface area contributed by atoms with Gasteiger partial charge in [-0.25, -0.2) is 13.1 Å². The molecular formula is C28H32BrClN2O4S. The van der Waals surface area contributed by atoms with Crippen LogP contribution in [0.4, 0.5) is 0 Å². The standard InChI is InChI=1S/C28H32BrClN2O4S/c1-3-15-31-37(34,35)25-12-9-21(10-13-25)26-8-6-5-7-22(26)19-32(28(33)18-29)20-23-17-24(30)11-14-27(23)36-16-4-2/h5-14,17,31H,3-4,15-16,18-20H2,1-2H3. The minimum Gasteiger partial charge on any atom is -0.493 e. The molecule has 1 N–H and O–H groups in total. The number of nitrogens with one attached hydrogen (secondary N) is 1. The predicted molar refractivity (Wildman–Crippen MR) is 153 cm³/mol. The Hall–Kier alpha value is -2.39. The molecule has 3 rings (SSSR count). The van der Waals surface area contributed by atoms with E-state index >= 15 is 0 Å². The first-order valence-electron chi connectivity index (χ1n) is 12.2. The van der Waals surface area contributed by atoms with Gasteiger partial charge in [-0.3, -0.25) is 4.79 Å². The van der Waals surface area contributed by atoms with Crippen LogP contribution in [0.15, 0.2) is 71.6 Å². The number of nitrogens with zero attached hydrogens (tertiary/aromatic N) is 1. The van der Waals surface area contributed by atoms with Crippen molar-refractivity contribution in [3.63, 3.8) is 0 Å². The fourth-order valence-electron chi connectivity index (χ4n) is 3.83. The average molecular weight is 608 g/mol. The van der Waals surface area contributed by atoms with Gasteiger partial charge in [-0.1, -0.05) is 77.8 Å². The van der Waals surface area contributed by atoms with E-state index in [1.54, 1.807) is 35.2 Å². The third kappa shape index (κ3) is 8.04. The summed E-state index contributed by atoms with van der Waals surface area (Å²) in [6, 6.07) is 20.1. The topological polar surface area (TPSA) is 75.7 Å². The number of carbonyl (C=O) groups is 1. The quantitative estimate of drug-likeness (QED) is 0.228. The van der Waals surface area contributed by atoms with Gasteiger partial charge in [0, 0.05) is 30.2 Å². The van der Waals surface area contributed by atoms with Crippen LogP contribution in [0.25, 0.3) is 11.1 Å². The summed E-state index contributed by atoms with van der Waals surface area (Å²) in [7, 11) is -3.54. The van der Waals surface area contributed by atoms with Crippen molar-refractivity contribution in [3.8, 4) is 16.9 Å². The van der Waals surface area contributed by atoms with E-state index in [1.165, 1.54) is 0 Å². The number of amides is 1. The van der Waals surface area contributed by atoms with Gasteiger partial charge in [0.1, 0.15) is 5.75 Å². The van der Waals surface area contributed by atoms with Crippen LogP contribution in [0.2, 0.25) is 5.02 Å². The van der Waals surface area contributed by atoms with Crippen molar-refractivity contribution in [1.82, 2.24) is 9.62 Å². The van der Waals surface area contributed by atoms with Crippen molar-refractivity contribution >= 4 is 43.5 Å². The Morgan fingerprint density at radius 2 is 1.68 bits per heavy atom. The van der Waals surface area contributed by atoms with Crippen LogP contribution in [0, 0.1) is 0 Å². The maximum Gasteiger partial charge on any atom is 0.240 e. The van der Waals surface area contributed by atoms with Crippen LogP contribution < -0.4 is 9.46 Å². The smallest absolute Gasteiger partial charge is 0.240 e. The molecule has 0 radical (unpaired) electrons. The lowest BCUT2D eigenvalue weighted by Crippen LogP contribution is -2.31. The number of halogens is 2. The number of hydrogen-bond donors (Lipinski definition) is 1. The summed E-state index contributed by atoms with van der Waals surface area (Å²) in [4.78, 5) is 14.9. The highest BCUT2D eigenvalue weighted by Gasteiger charge is 2.19. The molecule has 0 unspecified atom stereocenters. The Balaban J connectivity index is 1.90. The number of hydrogen-bond acceptors (Lipinski definition) is 4. The number of rotatable bonds is 13. The number of sulfonamides is 1. The van der Waals surface area contributed by atoms with Gasteiger partial charge in [0.25, 0.3) is 0 Å². The molecule has 0 heterocycles. The summed E-state index contributed by atoms with van der Waals surface area (Å²) in [6.45, 7) is 5.61. The molecule has 0 atom stereocenters. The van der Waals surface area contributed by atoms with Gasteiger partial charge >= 0.3 is 0 Å². The van der Waals surface area contributed by atoms with Crippen molar-refractivity contribution in [2.45, 2.75) is 44.7 Å². The Bertz CT molecular complexity index is 1300. The molecule has 198 valence electrons. The molecule has 0 aliphatic heterocycles. The molecule has 6 nitrogen and oxygen atoms in total. The monoisotopic (exact) mass is 606 g/mol. The Labute approximate surface area is 233 Å². The maximum atomic E-state index is 13.0. The fraction of sp³-hybridized carbons (Fsp3) is 0.321. The van der Waals surface area contributed by atoms with Crippen LogP contribution in [0.3, 0.4) is 0 Å². The van der Waals surface area contributed by atoms with Crippen molar-refractivity contribution in [3.05, 3.63) is 82.9 Å². The second-order valence-corrected chi connectivity index (χ2v) is 11.3. The molecule has 0 spiro atoms. The average Bonchev–Trinajstić information content (AvgIpc) is 2.91. The lowest BCUT2D eigenvalue weighted by atomic mass is 9.99. The summed E-state index contributed by atoms with van der Waals surface area (Å²) in [5.41, 5.74) is 3.57. The van der Waals surface area contributed by atoms with Crippen molar-refractivity contribution < 1.29 is 17.9 Å². The van der Waals surface area contributed by atoms with Gasteiger partial charge in [-0.05, 0) is 59.9 Å². The molecular weight excluding hydrogens is 576 g/mol. The van der Waals surface area contributed by atoms with Crippen molar-refractivity contribution in [2.24, 2.45) is 0 Å². The van der Waals surface area contributed by atoms with E-state index in [4.69, 9.17) is 16.3 Å². The summed E-state index contributed by atoms with van der Waals surface area (Å²) >= 11 is 9.58. The number of ether oxygens (including phenoxy) is 1. The Morgan fingerprint density at radius 1 is 0.973 bits per heavy atom.